The number of furan rings is 1. The third kappa shape index (κ3) is 5.73. The SMILES string of the molecule is c1ccc(-c2ccc(-c3nc(-c4ccc5oc6cccc(-c7ccccc7-n7c8ccccc8c8ccccc87)c6c5c4)nc(-c4cccc5c4sc4ccccc45)n3)cc2)cc1. The minimum Gasteiger partial charge on any atom is -0.456 e. The summed E-state index contributed by atoms with van der Waals surface area (Å²) >= 11 is 1.78. The molecule has 5 nitrogen and oxygen atoms in total. The van der Waals surface area contributed by atoms with Gasteiger partial charge < -0.3 is 8.98 Å². The lowest BCUT2D eigenvalue weighted by Gasteiger charge is -2.15. The van der Waals surface area contributed by atoms with Crippen LogP contribution in [0, 0.1) is 0 Å². The standard InChI is InChI=1S/C57H34N4OS/c1-2-14-35(15-3-1)36-28-30-37(31-29-36)55-58-56(60-57(59-55)45-22-12-21-44-42-19-7-11-27-52(42)63-54(44)45)38-32-33-50-46(34-38)53-43(20-13-26-51(53)62-50)41-18-6-10-25-49(41)61-47-23-8-4-16-39(47)40-17-5-9-24-48(40)61/h1-34H. The van der Waals surface area contributed by atoms with Crippen LogP contribution in [0.25, 0.3) is 126 Å². The van der Waals surface area contributed by atoms with E-state index in [4.69, 9.17) is 19.4 Å². The van der Waals surface area contributed by atoms with Crippen molar-refractivity contribution >= 4 is 75.3 Å². The molecule has 294 valence electrons. The predicted molar refractivity (Wildman–Crippen MR) is 262 cm³/mol. The average Bonchev–Trinajstić information content (AvgIpc) is 4.04. The average molecular weight is 823 g/mol. The van der Waals surface area contributed by atoms with Gasteiger partial charge in [-0.2, -0.15) is 0 Å². The van der Waals surface area contributed by atoms with E-state index in [1.165, 1.54) is 37.3 Å². The van der Waals surface area contributed by atoms with Gasteiger partial charge >= 0.3 is 0 Å². The Morgan fingerprint density at radius 2 is 0.937 bits per heavy atom. The van der Waals surface area contributed by atoms with Crippen molar-refractivity contribution in [2.75, 3.05) is 0 Å². The van der Waals surface area contributed by atoms with Gasteiger partial charge in [-0.15, -0.1) is 11.3 Å². The van der Waals surface area contributed by atoms with Gasteiger partial charge in [0.05, 0.1) is 16.7 Å². The smallest absolute Gasteiger partial charge is 0.165 e. The van der Waals surface area contributed by atoms with E-state index in [0.717, 1.165) is 71.3 Å². The van der Waals surface area contributed by atoms with Crippen LogP contribution in [0.2, 0.25) is 0 Å². The lowest BCUT2D eigenvalue weighted by molar-refractivity contribution is 0.669. The van der Waals surface area contributed by atoms with Crippen LogP contribution >= 0.6 is 11.3 Å². The van der Waals surface area contributed by atoms with Gasteiger partial charge in [0.1, 0.15) is 11.2 Å². The molecule has 0 fully saturated rings. The van der Waals surface area contributed by atoms with Crippen LogP contribution in [0.5, 0.6) is 0 Å². The number of hydrogen-bond acceptors (Lipinski definition) is 5. The highest BCUT2D eigenvalue weighted by molar-refractivity contribution is 7.26. The summed E-state index contributed by atoms with van der Waals surface area (Å²) in [5.41, 5.74) is 12.3. The van der Waals surface area contributed by atoms with Crippen LogP contribution in [0.15, 0.2) is 211 Å². The number of hydrogen-bond donors (Lipinski definition) is 0. The van der Waals surface area contributed by atoms with Crippen LogP contribution in [0.4, 0.5) is 0 Å². The van der Waals surface area contributed by atoms with Gasteiger partial charge in [-0.1, -0.05) is 152 Å². The van der Waals surface area contributed by atoms with E-state index < -0.39 is 0 Å². The highest BCUT2D eigenvalue weighted by atomic mass is 32.1. The maximum Gasteiger partial charge on any atom is 0.165 e. The van der Waals surface area contributed by atoms with Gasteiger partial charge in [0, 0.05) is 64.0 Å². The Morgan fingerprint density at radius 1 is 0.365 bits per heavy atom. The number of benzene rings is 9. The first-order valence-corrected chi connectivity index (χ1v) is 21.9. The molecule has 0 amide bonds. The fraction of sp³-hybridized carbons (Fsp3) is 0. The van der Waals surface area contributed by atoms with Crippen LogP contribution in [0.3, 0.4) is 0 Å². The first-order valence-electron chi connectivity index (χ1n) is 21.1. The minimum atomic E-state index is 0.597. The zero-order valence-corrected chi connectivity index (χ0v) is 34.6. The second kappa shape index (κ2) is 14.2. The fourth-order valence-electron chi connectivity index (χ4n) is 9.39. The van der Waals surface area contributed by atoms with E-state index >= 15 is 0 Å². The van der Waals surface area contributed by atoms with Crippen molar-refractivity contribution < 1.29 is 4.42 Å². The van der Waals surface area contributed by atoms with Crippen LogP contribution in [-0.2, 0) is 0 Å². The summed E-state index contributed by atoms with van der Waals surface area (Å²) < 4.78 is 11.4. The third-order valence-electron chi connectivity index (χ3n) is 12.3. The summed E-state index contributed by atoms with van der Waals surface area (Å²) in [6.07, 6.45) is 0. The maximum atomic E-state index is 6.63. The van der Waals surface area contributed by atoms with Crippen molar-refractivity contribution in [2.24, 2.45) is 0 Å². The third-order valence-corrected chi connectivity index (χ3v) is 13.5. The molecule has 0 spiro atoms. The summed E-state index contributed by atoms with van der Waals surface area (Å²) in [4.78, 5) is 15.7. The molecule has 13 rings (SSSR count). The molecule has 0 saturated heterocycles. The molecule has 0 N–H and O–H groups in total. The van der Waals surface area contributed by atoms with Crippen LogP contribution in [-0.4, -0.2) is 19.5 Å². The molecule has 13 aromatic rings. The summed E-state index contributed by atoms with van der Waals surface area (Å²) in [7, 11) is 0. The van der Waals surface area contributed by atoms with Crippen LogP contribution in [0.1, 0.15) is 0 Å². The van der Waals surface area contributed by atoms with Crippen molar-refractivity contribution in [1.82, 2.24) is 19.5 Å². The van der Waals surface area contributed by atoms with Crippen molar-refractivity contribution in [1.29, 1.82) is 0 Å². The molecule has 4 heterocycles. The molecule has 0 aliphatic heterocycles. The molecular weight excluding hydrogens is 789 g/mol. The molecule has 0 aliphatic rings. The van der Waals surface area contributed by atoms with Gasteiger partial charge in [-0.3, -0.25) is 0 Å². The maximum absolute atomic E-state index is 6.63. The molecular formula is C57H34N4OS. The Hall–Kier alpha value is -8.19. The van der Waals surface area contributed by atoms with Crippen LogP contribution < -0.4 is 0 Å². The number of fused-ring (bicyclic) bond motifs is 9. The van der Waals surface area contributed by atoms with Gasteiger partial charge in [0.2, 0.25) is 0 Å². The normalized spacial score (nSPS) is 11.8. The largest absolute Gasteiger partial charge is 0.456 e. The minimum absolute atomic E-state index is 0.597. The van der Waals surface area contributed by atoms with E-state index in [1.807, 2.05) is 6.07 Å². The van der Waals surface area contributed by atoms with Gasteiger partial charge in [0.15, 0.2) is 17.5 Å². The quantitative estimate of drug-likeness (QED) is 0.168. The van der Waals surface area contributed by atoms with Crippen molar-refractivity contribution in [3.05, 3.63) is 206 Å². The van der Waals surface area contributed by atoms with E-state index in [1.54, 1.807) is 11.3 Å². The number of thiophene rings is 1. The first kappa shape index (κ1) is 35.6. The molecule has 0 atom stereocenters. The second-order valence-electron chi connectivity index (χ2n) is 15.9. The van der Waals surface area contributed by atoms with E-state index in [0.29, 0.717) is 17.5 Å². The lowest BCUT2D eigenvalue weighted by Crippen LogP contribution is -2.00. The highest BCUT2D eigenvalue weighted by Gasteiger charge is 2.21. The van der Waals surface area contributed by atoms with E-state index in [9.17, 15) is 0 Å². The Labute approximate surface area is 365 Å². The second-order valence-corrected chi connectivity index (χ2v) is 17.0. The molecule has 0 bridgehead atoms. The monoisotopic (exact) mass is 822 g/mol. The molecule has 4 aromatic heterocycles. The molecule has 9 aromatic carbocycles. The number of aromatic nitrogens is 4. The predicted octanol–water partition coefficient (Wildman–Crippen LogP) is 15.6. The zero-order chi connectivity index (χ0) is 41.4. The molecule has 63 heavy (non-hydrogen) atoms. The topological polar surface area (TPSA) is 56.7 Å². The Bertz CT molecular complexity index is 3860. The summed E-state index contributed by atoms with van der Waals surface area (Å²) in [6.45, 7) is 0. The zero-order valence-electron chi connectivity index (χ0n) is 33.7. The molecule has 0 radical (unpaired) electrons. The van der Waals surface area contributed by atoms with Crippen molar-refractivity contribution in [3.8, 4) is 62.1 Å². The van der Waals surface area contributed by atoms with E-state index in [-0.39, 0.29) is 0 Å². The summed E-state index contributed by atoms with van der Waals surface area (Å²) in [5.74, 6) is 1.85. The number of para-hydroxylation sites is 3. The number of rotatable bonds is 6. The fourth-order valence-corrected chi connectivity index (χ4v) is 10.6. The van der Waals surface area contributed by atoms with Gasteiger partial charge in [-0.25, -0.2) is 15.0 Å². The lowest BCUT2D eigenvalue weighted by atomic mass is 9.97. The van der Waals surface area contributed by atoms with Crippen molar-refractivity contribution in [2.45, 2.75) is 0 Å². The van der Waals surface area contributed by atoms with E-state index in [2.05, 4.69) is 205 Å². The first-order chi connectivity index (χ1) is 31.2. The van der Waals surface area contributed by atoms with Crippen molar-refractivity contribution in [3.63, 3.8) is 0 Å². The summed E-state index contributed by atoms with van der Waals surface area (Å²) in [5, 5.41) is 6.93. The Balaban J connectivity index is 1.01. The Kier molecular flexibility index (Phi) is 8.01. The Morgan fingerprint density at radius 3 is 1.75 bits per heavy atom. The molecule has 0 unspecified atom stereocenters. The number of nitrogens with zero attached hydrogens (tertiary/aromatic N) is 4. The van der Waals surface area contributed by atoms with Gasteiger partial charge in [-0.05, 0) is 71.3 Å². The highest BCUT2D eigenvalue weighted by Crippen LogP contribution is 2.43. The summed E-state index contributed by atoms with van der Waals surface area (Å²) in [6, 6.07) is 72.6. The van der Waals surface area contributed by atoms with Gasteiger partial charge in [0.25, 0.3) is 0 Å². The molecule has 0 saturated carbocycles. The molecule has 6 heteroatoms. The molecule has 0 aliphatic carbocycles.